The van der Waals surface area contributed by atoms with Crippen LogP contribution in [-0.4, -0.2) is 18.1 Å². The highest BCUT2D eigenvalue weighted by Crippen LogP contribution is 2.44. The molecule has 1 amide bonds. The number of carbonyl (C=O) groups excluding carboxylic acids is 1. The zero-order chi connectivity index (χ0) is 18.4. The second kappa shape index (κ2) is 6.23. The smallest absolute Gasteiger partial charge is 0.291 e. The Bertz CT molecular complexity index is 819. The van der Waals surface area contributed by atoms with Crippen LogP contribution in [0.3, 0.4) is 0 Å². The first-order valence-electron chi connectivity index (χ1n) is 8.48. The SMILES string of the molecule is COc1ccc(C)cc1NC(=O)c1oc2c(c1C)[C@@H](O)CC(C)(C)C2. The Kier molecular flexibility index (Phi) is 4.37. The Morgan fingerprint density at radius 3 is 2.76 bits per heavy atom. The van der Waals surface area contributed by atoms with Gasteiger partial charge in [0.05, 0.1) is 18.9 Å². The first kappa shape index (κ1) is 17.5. The number of hydrogen-bond donors (Lipinski definition) is 2. The predicted octanol–water partition coefficient (Wildman–Crippen LogP) is 4.16. The van der Waals surface area contributed by atoms with Gasteiger partial charge in [0.15, 0.2) is 5.76 Å². The number of benzene rings is 1. The molecule has 0 bridgehead atoms. The summed E-state index contributed by atoms with van der Waals surface area (Å²) in [6.07, 6.45) is 0.770. The number of methoxy groups -OCH3 is 1. The van der Waals surface area contributed by atoms with Gasteiger partial charge in [-0.3, -0.25) is 4.79 Å². The van der Waals surface area contributed by atoms with E-state index >= 15 is 0 Å². The zero-order valence-corrected chi connectivity index (χ0v) is 15.4. The standard InChI is InChI=1S/C20H25NO4/c1-11-6-7-15(24-5)13(8-11)21-19(23)18-12(2)17-14(22)9-20(3,4)10-16(17)25-18/h6-8,14,22H,9-10H2,1-5H3,(H,21,23)/t14-/m0/s1. The van der Waals surface area contributed by atoms with E-state index < -0.39 is 6.10 Å². The highest BCUT2D eigenvalue weighted by atomic mass is 16.5. The van der Waals surface area contributed by atoms with Crippen molar-refractivity contribution in [3.8, 4) is 5.75 Å². The summed E-state index contributed by atoms with van der Waals surface area (Å²) in [6.45, 7) is 7.96. The summed E-state index contributed by atoms with van der Waals surface area (Å²) < 4.78 is 11.2. The molecule has 134 valence electrons. The van der Waals surface area contributed by atoms with Crippen molar-refractivity contribution in [3.63, 3.8) is 0 Å². The van der Waals surface area contributed by atoms with Crippen molar-refractivity contribution in [1.29, 1.82) is 0 Å². The summed E-state index contributed by atoms with van der Waals surface area (Å²) in [5, 5.41) is 13.3. The number of nitrogens with one attached hydrogen (secondary N) is 1. The summed E-state index contributed by atoms with van der Waals surface area (Å²) in [5.74, 6) is 1.22. The van der Waals surface area contributed by atoms with Crippen LogP contribution in [0.1, 0.15) is 59.4 Å². The summed E-state index contributed by atoms with van der Waals surface area (Å²) in [4.78, 5) is 12.8. The Hall–Kier alpha value is -2.27. The molecule has 2 aromatic rings. The average molecular weight is 343 g/mol. The van der Waals surface area contributed by atoms with Gasteiger partial charge < -0.3 is 19.6 Å². The van der Waals surface area contributed by atoms with Crippen LogP contribution in [0.25, 0.3) is 0 Å². The van der Waals surface area contributed by atoms with Crippen LogP contribution in [0.15, 0.2) is 22.6 Å². The van der Waals surface area contributed by atoms with E-state index in [1.807, 2.05) is 32.0 Å². The first-order chi connectivity index (χ1) is 11.7. The predicted molar refractivity (Wildman–Crippen MR) is 96.2 cm³/mol. The minimum atomic E-state index is -0.599. The maximum atomic E-state index is 12.8. The third-order valence-corrected chi connectivity index (χ3v) is 4.80. The second-order valence-electron chi connectivity index (χ2n) is 7.61. The topological polar surface area (TPSA) is 71.7 Å². The molecule has 3 rings (SSSR count). The van der Waals surface area contributed by atoms with Crippen LogP contribution < -0.4 is 10.1 Å². The van der Waals surface area contributed by atoms with E-state index in [1.54, 1.807) is 7.11 Å². The van der Waals surface area contributed by atoms with Gasteiger partial charge in [0.1, 0.15) is 11.5 Å². The van der Waals surface area contributed by atoms with Crippen LogP contribution in [-0.2, 0) is 6.42 Å². The summed E-state index contributed by atoms with van der Waals surface area (Å²) in [5.41, 5.74) is 3.04. The van der Waals surface area contributed by atoms with Gasteiger partial charge >= 0.3 is 0 Å². The fourth-order valence-electron chi connectivity index (χ4n) is 3.60. The fraction of sp³-hybridized carbons (Fsp3) is 0.450. The number of carbonyl (C=O) groups is 1. The molecular formula is C20H25NO4. The summed E-state index contributed by atoms with van der Waals surface area (Å²) in [7, 11) is 1.57. The van der Waals surface area contributed by atoms with E-state index in [1.165, 1.54) is 0 Å². The van der Waals surface area contributed by atoms with Crippen molar-refractivity contribution in [2.75, 3.05) is 12.4 Å². The molecule has 5 heteroatoms. The van der Waals surface area contributed by atoms with Gasteiger partial charge in [0.25, 0.3) is 5.91 Å². The minimum Gasteiger partial charge on any atom is -0.495 e. The van der Waals surface area contributed by atoms with Crippen molar-refractivity contribution in [2.45, 2.75) is 46.6 Å². The van der Waals surface area contributed by atoms with Crippen molar-refractivity contribution >= 4 is 11.6 Å². The summed E-state index contributed by atoms with van der Waals surface area (Å²) >= 11 is 0. The first-order valence-corrected chi connectivity index (χ1v) is 8.48. The molecule has 1 heterocycles. The third kappa shape index (κ3) is 3.29. The maximum absolute atomic E-state index is 12.8. The van der Waals surface area contributed by atoms with Crippen molar-refractivity contribution in [2.24, 2.45) is 5.41 Å². The lowest BCUT2D eigenvalue weighted by Crippen LogP contribution is -2.24. The zero-order valence-electron chi connectivity index (χ0n) is 15.4. The monoisotopic (exact) mass is 343 g/mol. The lowest BCUT2D eigenvalue weighted by Gasteiger charge is -2.31. The molecule has 25 heavy (non-hydrogen) atoms. The number of aryl methyl sites for hydroxylation is 1. The van der Waals surface area contributed by atoms with E-state index in [9.17, 15) is 9.90 Å². The van der Waals surface area contributed by atoms with Gasteiger partial charge in [0, 0.05) is 17.5 Å². The van der Waals surface area contributed by atoms with Gasteiger partial charge in [-0.1, -0.05) is 19.9 Å². The van der Waals surface area contributed by atoms with E-state index in [0.717, 1.165) is 11.1 Å². The van der Waals surface area contributed by atoms with Crippen LogP contribution in [0.4, 0.5) is 5.69 Å². The number of ether oxygens (including phenoxy) is 1. The van der Waals surface area contributed by atoms with Crippen LogP contribution in [0.2, 0.25) is 0 Å². The molecule has 1 aromatic heterocycles. The number of aliphatic hydroxyl groups is 1. The molecule has 1 aliphatic carbocycles. The lowest BCUT2D eigenvalue weighted by molar-refractivity contribution is 0.0910. The molecule has 5 nitrogen and oxygen atoms in total. The van der Waals surface area contributed by atoms with Crippen molar-refractivity contribution < 1.29 is 19.1 Å². The maximum Gasteiger partial charge on any atom is 0.291 e. The molecule has 0 saturated heterocycles. The molecule has 1 aromatic carbocycles. The minimum absolute atomic E-state index is 0.0514. The van der Waals surface area contributed by atoms with E-state index in [4.69, 9.17) is 9.15 Å². The molecule has 0 aliphatic heterocycles. The molecule has 1 aliphatic rings. The Balaban J connectivity index is 1.93. The van der Waals surface area contributed by atoms with Crippen LogP contribution in [0.5, 0.6) is 5.75 Å². The number of hydrogen-bond acceptors (Lipinski definition) is 4. The lowest BCUT2D eigenvalue weighted by atomic mass is 9.75. The molecular weight excluding hydrogens is 318 g/mol. The van der Waals surface area contributed by atoms with Gasteiger partial charge in [-0.2, -0.15) is 0 Å². The largest absolute Gasteiger partial charge is 0.495 e. The van der Waals surface area contributed by atoms with Crippen LogP contribution in [0, 0.1) is 19.3 Å². The average Bonchev–Trinajstić information content (AvgIpc) is 2.83. The second-order valence-corrected chi connectivity index (χ2v) is 7.61. The number of aliphatic hydroxyl groups excluding tert-OH is 1. The summed E-state index contributed by atoms with van der Waals surface area (Å²) in [6, 6.07) is 5.59. The van der Waals surface area contributed by atoms with Gasteiger partial charge in [0.2, 0.25) is 0 Å². The van der Waals surface area contributed by atoms with E-state index in [0.29, 0.717) is 35.6 Å². The van der Waals surface area contributed by atoms with Crippen molar-refractivity contribution in [3.05, 3.63) is 46.4 Å². The molecule has 0 fully saturated rings. The van der Waals surface area contributed by atoms with Crippen molar-refractivity contribution in [1.82, 2.24) is 0 Å². The normalized spacial score (nSPS) is 18.6. The number of anilines is 1. The van der Waals surface area contributed by atoms with Crippen LogP contribution >= 0.6 is 0 Å². The Morgan fingerprint density at radius 2 is 2.08 bits per heavy atom. The highest BCUT2D eigenvalue weighted by molar-refractivity contribution is 6.04. The molecule has 0 saturated carbocycles. The van der Waals surface area contributed by atoms with E-state index in [-0.39, 0.29) is 17.1 Å². The highest BCUT2D eigenvalue weighted by Gasteiger charge is 2.37. The van der Waals surface area contributed by atoms with Gasteiger partial charge in [-0.25, -0.2) is 0 Å². The number of fused-ring (bicyclic) bond motifs is 1. The van der Waals surface area contributed by atoms with E-state index in [2.05, 4.69) is 19.2 Å². The number of rotatable bonds is 3. The third-order valence-electron chi connectivity index (χ3n) is 4.80. The number of amides is 1. The quantitative estimate of drug-likeness (QED) is 0.878. The fourth-order valence-corrected chi connectivity index (χ4v) is 3.60. The molecule has 1 atom stereocenters. The van der Waals surface area contributed by atoms with Gasteiger partial charge in [-0.15, -0.1) is 0 Å². The molecule has 0 unspecified atom stereocenters. The molecule has 2 N–H and O–H groups in total. The molecule has 0 radical (unpaired) electrons. The Morgan fingerprint density at radius 1 is 1.36 bits per heavy atom. The molecule has 0 spiro atoms. The Labute approximate surface area is 148 Å². The van der Waals surface area contributed by atoms with Gasteiger partial charge in [-0.05, 0) is 43.4 Å². The number of furan rings is 1.